The number of anilines is 1. The molecule has 3 aromatic rings. The third-order valence-electron chi connectivity index (χ3n) is 8.21. The number of piperazine rings is 1. The number of hydrogen-bond acceptors (Lipinski definition) is 4. The Hall–Kier alpha value is -3.06. The molecule has 0 bridgehead atoms. The molecule has 0 radical (unpaired) electrons. The van der Waals surface area contributed by atoms with E-state index in [9.17, 15) is 9.59 Å². The number of amides is 2. The van der Waals surface area contributed by atoms with E-state index in [1.54, 1.807) is 0 Å². The van der Waals surface area contributed by atoms with Gasteiger partial charge in [0.25, 0.3) is 11.8 Å². The molecule has 3 aromatic carbocycles. The molecule has 0 N–H and O–H groups in total. The van der Waals surface area contributed by atoms with Crippen molar-refractivity contribution in [3.05, 3.63) is 99.4 Å². The predicted molar refractivity (Wildman–Crippen MR) is 164 cm³/mol. The number of carbonyl (C=O) groups excluding carboxylic acids is 2. The SMILES string of the molecule is O=C(c1ccc(/C=C2/Sc3ccccc3N(Cc3cccc(Cl)c3)C2=O)cc1)N1CCN(C2CCCCC2)CC1. The van der Waals surface area contributed by atoms with Crippen LogP contribution in [-0.4, -0.2) is 53.8 Å². The van der Waals surface area contributed by atoms with Crippen LogP contribution in [0.5, 0.6) is 0 Å². The topological polar surface area (TPSA) is 43.9 Å². The fourth-order valence-electron chi connectivity index (χ4n) is 6.03. The maximum atomic E-state index is 13.6. The van der Waals surface area contributed by atoms with Gasteiger partial charge in [-0.25, -0.2) is 0 Å². The summed E-state index contributed by atoms with van der Waals surface area (Å²) in [6, 6.07) is 24.0. The normalized spacial score (nSPS) is 19.6. The minimum atomic E-state index is -0.0420. The zero-order chi connectivity index (χ0) is 27.5. The maximum absolute atomic E-state index is 13.6. The summed E-state index contributed by atoms with van der Waals surface area (Å²) >= 11 is 7.70. The lowest BCUT2D eigenvalue weighted by atomic mass is 9.94. The predicted octanol–water partition coefficient (Wildman–Crippen LogP) is 7.11. The fourth-order valence-corrected chi connectivity index (χ4v) is 7.30. The monoisotopic (exact) mass is 571 g/mol. The summed E-state index contributed by atoms with van der Waals surface area (Å²) < 4.78 is 0. The van der Waals surface area contributed by atoms with Gasteiger partial charge in [0.1, 0.15) is 0 Å². The molecule has 3 aliphatic rings. The molecule has 2 aliphatic heterocycles. The van der Waals surface area contributed by atoms with Crippen LogP contribution in [0.1, 0.15) is 53.6 Å². The van der Waals surface area contributed by atoms with Gasteiger partial charge in [0.2, 0.25) is 0 Å². The van der Waals surface area contributed by atoms with E-state index in [1.165, 1.54) is 43.9 Å². The van der Waals surface area contributed by atoms with E-state index < -0.39 is 0 Å². The summed E-state index contributed by atoms with van der Waals surface area (Å²) in [6.45, 7) is 3.94. The number of para-hydroxylation sites is 1. The van der Waals surface area contributed by atoms with Gasteiger partial charge in [-0.15, -0.1) is 0 Å². The molecule has 0 aromatic heterocycles. The van der Waals surface area contributed by atoms with Crippen LogP contribution in [0.15, 0.2) is 82.6 Å². The van der Waals surface area contributed by atoms with Crippen LogP contribution in [0.3, 0.4) is 0 Å². The molecule has 0 spiro atoms. The van der Waals surface area contributed by atoms with Crippen LogP contribution < -0.4 is 4.90 Å². The summed E-state index contributed by atoms with van der Waals surface area (Å²) in [6.07, 6.45) is 8.56. The number of nitrogens with zero attached hydrogens (tertiary/aromatic N) is 3. The Balaban J connectivity index is 1.15. The molecule has 1 saturated carbocycles. The van der Waals surface area contributed by atoms with Gasteiger partial charge in [0, 0.05) is 47.7 Å². The second-order valence-corrected chi connectivity index (χ2v) is 12.4. The summed E-state index contributed by atoms with van der Waals surface area (Å²) in [5.74, 6) is 0.0481. The molecule has 7 heteroatoms. The van der Waals surface area contributed by atoms with Crippen molar-refractivity contribution < 1.29 is 9.59 Å². The van der Waals surface area contributed by atoms with Crippen LogP contribution in [0.4, 0.5) is 5.69 Å². The van der Waals surface area contributed by atoms with Crippen molar-refractivity contribution in [3.8, 4) is 0 Å². The summed E-state index contributed by atoms with van der Waals surface area (Å²) in [5.41, 5.74) is 3.48. The van der Waals surface area contributed by atoms with E-state index in [4.69, 9.17) is 11.6 Å². The molecule has 1 aliphatic carbocycles. The second-order valence-electron chi connectivity index (χ2n) is 10.8. The first-order valence-electron chi connectivity index (χ1n) is 14.2. The molecule has 2 amide bonds. The van der Waals surface area contributed by atoms with E-state index in [0.29, 0.717) is 28.1 Å². The number of thioether (sulfide) groups is 1. The van der Waals surface area contributed by atoms with E-state index in [-0.39, 0.29) is 11.8 Å². The van der Waals surface area contributed by atoms with Gasteiger partial charge in [-0.1, -0.05) is 79.0 Å². The van der Waals surface area contributed by atoms with E-state index in [2.05, 4.69) is 4.90 Å². The Bertz CT molecular complexity index is 1410. The minimum Gasteiger partial charge on any atom is -0.336 e. The average molecular weight is 572 g/mol. The number of halogens is 1. The van der Waals surface area contributed by atoms with Crippen molar-refractivity contribution in [1.29, 1.82) is 0 Å². The van der Waals surface area contributed by atoms with Gasteiger partial charge in [-0.3, -0.25) is 14.5 Å². The second kappa shape index (κ2) is 12.2. The Kier molecular flexibility index (Phi) is 8.28. The molecular weight excluding hydrogens is 538 g/mol. The third-order valence-corrected chi connectivity index (χ3v) is 9.52. The first kappa shape index (κ1) is 27.1. The van der Waals surface area contributed by atoms with Gasteiger partial charge in [0.05, 0.1) is 17.1 Å². The van der Waals surface area contributed by atoms with E-state index >= 15 is 0 Å². The van der Waals surface area contributed by atoms with Crippen molar-refractivity contribution >= 4 is 46.9 Å². The highest BCUT2D eigenvalue weighted by Gasteiger charge is 2.30. The van der Waals surface area contributed by atoms with Crippen molar-refractivity contribution in [2.24, 2.45) is 0 Å². The van der Waals surface area contributed by atoms with Crippen LogP contribution in [0.2, 0.25) is 5.02 Å². The zero-order valence-corrected chi connectivity index (χ0v) is 24.2. The largest absolute Gasteiger partial charge is 0.336 e. The molecule has 5 nitrogen and oxygen atoms in total. The first-order valence-corrected chi connectivity index (χ1v) is 15.4. The summed E-state index contributed by atoms with van der Waals surface area (Å²) in [5, 5.41) is 0.654. The maximum Gasteiger partial charge on any atom is 0.265 e. The number of rotatable bonds is 5. The van der Waals surface area contributed by atoms with Crippen molar-refractivity contribution in [1.82, 2.24) is 9.80 Å². The Morgan fingerprint density at radius 3 is 2.40 bits per heavy atom. The number of carbonyl (C=O) groups is 2. The number of hydrogen-bond donors (Lipinski definition) is 0. The first-order chi connectivity index (χ1) is 19.5. The lowest BCUT2D eigenvalue weighted by Gasteiger charge is -2.40. The quantitative estimate of drug-likeness (QED) is 0.306. The molecule has 1 saturated heterocycles. The summed E-state index contributed by atoms with van der Waals surface area (Å²) in [4.78, 5) is 34.9. The van der Waals surface area contributed by atoms with Crippen molar-refractivity contribution in [2.75, 3.05) is 31.1 Å². The Morgan fingerprint density at radius 1 is 0.900 bits per heavy atom. The zero-order valence-electron chi connectivity index (χ0n) is 22.6. The molecule has 2 heterocycles. The lowest BCUT2D eigenvalue weighted by molar-refractivity contribution is -0.114. The van der Waals surface area contributed by atoms with Crippen LogP contribution in [0, 0.1) is 0 Å². The van der Waals surface area contributed by atoms with Gasteiger partial charge >= 0.3 is 0 Å². The molecule has 6 rings (SSSR count). The minimum absolute atomic E-state index is 0.0420. The van der Waals surface area contributed by atoms with Gasteiger partial charge in [-0.2, -0.15) is 0 Å². The smallest absolute Gasteiger partial charge is 0.265 e. The molecule has 206 valence electrons. The van der Waals surface area contributed by atoms with Crippen molar-refractivity contribution in [3.63, 3.8) is 0 Å². The van der Waals surface area contributed by atoms with Gasteiger partial charge < -0.3 is 9.80 Å². The fraction of sp³-hybridized carbons (Fsp3) is 0.333. The molecule has 0 unspecified atom stereocenters. The van der Waals surface area contributed by atoms with Gasteiger partial charge in [-0.05, 0) is 66.4 Å². The van der Waals surface area contributed by atoms with E-state index in [1.807, 2.05) is 88.7 Å². The van der Waals surface area contributed by atoms with Crippen LogP contribution in [0.25, 0.3) is 6.08 Å². The highest BCUT2D eigenvalue weighted by Crippen LogP contribution is 2.42. The highest BCUT2D eigenvalue weighted by atomic mass is 35.5. The molecule has 40 heavy (non-hydrogen) atoms. The van der Waals surface area contributed by atoms with Crippen LogP contribution in [-0.2, 0) is 11.3 Å². The number of fused-ring (bicyclic) bond motifs is 1. The molecular formula is C33H34ClN3O2S. The summed E-state index contributed by atoms with van der Waals surface area (Å²) in [7, 11) is 0. The van der Waals surface area contributed by atoms with Gasteiger partial charge in [0.15, 0.2) is 0 Å². The van der Waals surface area contributed by atoms with E-state index in [0.717, 1.165) is 47.9 Å². The molecule has 2 fully saturated rings. The number of benzene rings is 3. The highest BCUT2D eigenvalue weighted by molar-refractivity contribution is 8.04. The van der Waals surface area contributed by atoms with Crippen molar-refractivity contribution in [2.45, 2.75) is 49.6 Å². The Morgan fingerprint density at radius 2 is 1.65 bits per heavy atom. The molecule has 0 atom stereocenters. The Labute approximate surface area is 245 Å². The average Bonchev–Trinajstić information content (AvgIpc) is 3.00. The third kappa shape index (κ3) is 5.99. The van der Waals surface area contributed by atoms with Crippen LogP contribution >= 0.6 is 23.4 Å². The standard InChI is InChI=1S/C33H34ClN3O2S/c34-27-8-6-7-25(21-27)23-37-29-11-4-5-12-30(29)40-31(33(37)39)22-24-13-15-26(16-14-24)32(38)36-19-17-35(18-20-36)28-9-2-1-3-10-28/h4-8,11-16,21-22,28H,1-3,9-10,17-20,23H2/b31-22+. The lowest BCUT2D eigenvalue weighted by Crippen LogP contribution is -2.52.